The molecule has 1 saturated heterocycles. The van der Waals surface area contributed by atoms with Crippen molar-refractivity contribution in [2.45, 2.75) is 70.9 Å². The highest BCUT2D eigenvalue weighted by molar-refractivity contribution is 5.77. The lowest BCUT2D eigenvalue weighted by atomic mass is 10.0. The van der Waals surface area contributed by atoms with E-state index in [1.807, 2.05) is 4.90 Å². The van der Waals surface area contributed by atoms with Crippen molar-refractivity contribution in [1.82, 2.24) is 9.80 Å². The Balaban J connectivity index is 1.97. The molecule has 2 aliphatic rings. The lowest BCUT2D eigenvalue weighted by Crippen LogP contribution is -2.49. The fourth-order valence-corrected chi connectivity index (χ4v) is 3.89. The van der Waals surface area contributed by atoms with Gasteiger partial charge in [-0.05, 0) is 31.6 Å². The SMILES string of the molecule is CC(C)CN(C1CCCC1)C(CN)CC(=O)N1CCCC1. The van der Waals surface area contributed by atoms with Crippen LogP contribution >= 0.6 is 0 Å². The monoisotopic (exact) mass is 295 g/mol. The first-order valence-corrected chi connectivity index (χ1v) is 8.85. The highest BCUT2D eigenvalue weighted by Crippen LogP contribution is 2.27. The van der Waals surface area contributed by atoms with Gasteiger partial charge in [-0.15, -0.1) is 0 Å². The fraction of sp³-hybridized carbons (Fsp3) is 0.941. The molecule has 21 heavy (non-hydrogen) atoms. The van der Waals surface area contributed by atoms with Gasteiger partial charge in [-0.2, -0.15) is 0 Å². The summed E-state index contributed by atoms with van der Waals surface area (Å²) in [5, 5.41) is 0. The van der Waals surface area contributed by atoms with E-state index < -0.39 is 0 Å². The predicted octanol–water partition coefficient (Wildman–Crippen LogP) is 2.23. The lowest BCUT2D eigenvalue weighted by molar-refractivity contribution is -0.131. The van der Waals surface area contributed by atoms with E-state index in [0.717, 1.165) is 32.5 Å². The molecule has 4 nitrogen and oxygen atoms in total. The van der Waals surface area contributed by atoms with Crippen LogP contribution in [0.25, 0.3) is 0 Å². The van der Waals surface area contributed by atoms with Crippen molar-refractivity contribution in [3.63, 3.8) is 0 Å². The van der Waals surface area contributed by atoms with Crippen LogP contribution in [0.15, 0.2) is 0 Å². The third-order valence-electron chi connectivity index (χ3n) is 4.98. The van der Waals surface area contributed by atoms with E-state index in [9.17, 15) is 4.79 Å². The van der Waals surface area contributed by atoms with Crippen molar-refractivity contribution in [3.8, 4) is 0 Å². The van der Waals surface area contributed by atoms with Gasteiger partial charge in [0.1, 0.15) is 0 Å². The molecule has 0 radical (unpaired) electrons. The first-order valence-electron chi connectivity index (χ1n) is 8.85. The van der Waals surface area contributed by atoms with Crippen molar-refractivity contribution in [2.75, 3.05) is 26.2 Å². The summed E-state index contributed by atoms with van der Waals surface area (Å²) in [6.45, 7) is 8.09. The average Bonchev–Trinajstić information content (AvgIpc) is 3.14. The summed E-state index contributed by atoms with van der Waals surface area (Å²) in [5.41, 5.74) is 6.05. The number of carbonyl (C=O) groups excluding carboxylic acids is 1. The van der Waals surface area contributed by atoms with Crippen LogP contribution in [0.4, 0.5) is 0 Å². The molecule has 0 aromatic carbocycles. The van der Waals surface area contributed by atoms with Gasteiger partial charge in [-0.25, -0.2) is 0 Å². The van der Waals surface area contributed by atoms with Gasteiger partial charge in [0.2, 0.25) is 5.91 Å². The van der Waals surface area contributed by atoms with E-state index in [2.05, 4.69) is 18.7 Å². The predicted molar refractivity (Wildman–Crippen MR) is 87.1 cm³/mol. The molecule has 1 saturated carbocycles. The third kappa shape index (κ3) is 4.68. The number of rotatable bonds is 7. The molecule has 2 N–H and O–H groups in total. The minimum Gasteiger partial charge on any atom is -0.343 e. The topological polar surface area (TPSA) is 49.6 Å². The van der Waals surface area contributed by atoms with E-state index in [-0.39, 0.29) is 6.04 Å². The number of hydrogen-bond acceptors (Lipinski definition) is 3. The molecule has 0 bridgehead atoms. The molecular formula is C17H33N3O. The molecule has 2 fully saturated rings. The second kappa shape index (κ2) is 8.14. The Bertz CT molecular complexity index is 320. The van der Waals surface area contributed by atoms with Crippen molar-refractivity contribution < 1.29 is 4.79 Å². The van der Waals surface area contributed by atoms with Crippen molar-refractivity contribution >= 4 is 5.91 Å². The molecule has 0 aromatic heterocycles. The van der Waals surface area contributed by atoms with Crippen LogP contribution in [0, 0.1) is 5.92 Å². The van der Waals surface area contributed by atoms with Crippen LogP contribution in [0.5, 0.6) is 0 Å². The summed E-state index contributed by atoms with van der Waals surface area (Å²) in [6.07, 6.45) is 8.16. The van der Waals surface area contributed by atoms with Crippen LogP contribution in [0.1, 0.15) is 58.8 Å². The molecule has 1 aliphatic heterocycles. The number of amides is 1. The maximum Gasteiger partial charge on any atom is 0.224 e. The fourth-order valence-electron chi connectivity index (χ4n) is 3.89. The third-order valence-corrected chi connectivity index (χ3v) is 4.98. The van der Waals surface area contributed by atoms with Gasteiger partial charge in [0.05, 0.1) is 0 Å². The maximum absolute atomic E-state index is 12.5. The summed E-state index contributed by atoms with van der Waals surface area (Å²) in [7, 11) is 0. The Morgan fingerprint density at radius 3 is 2.33 bits per heavy atom. The van der Waals surface area contributed by atoms with Gasteiger partial charge < -0.3 is 10.6 Å². The second-order valence-corrected chi connectivity index (χ2v) is 7.21. The van der Waals surface area contributed by atoms with Gasteiger partial charge in [-0.1, -0.05) is 26.7 Å². The Labute approximate surface area is 130 Å². The molecule has 0 spiro atoms. The number of hydrogen-bond donors (Lipinski definition) is 1. The molecule has 1 atom stereocenters. The van der Waals surface area contributed by atoms with Crippen molar-refractivity contribution in [2.24, 2.45) is 11.7 Å². The zero-order valence-electron chi connectivity index (χ0n) is 13.9. The number of likely N-dealkylation sites (tertiary alicyclic amines) is 1. The van der Waals surface area contributed by atoms with Crippen LogP contribution in [0.3, 0.4) is 0 Å². The normalized spacial score (nSPS) is 21.7. The van der Waals surface area contributed by atoms with Crippen molar-refractivity contribution in [3.05, 3.63) is 0 Å². The van der Waals surface area contributed by atoms with Gasteiger partial charge in [-0.3, -0.25) is 9.69 Å². The molecule has 4 heteroatoms. The highest BCUT2D eigenvalue weighted by atomic mass is 16.2. The molecule has 122 valence electrons. The number of nitrogens with zero attached hydrogens (tertiary/aromatic N) is 2. The molecule has 2 rings (SSSR count). The van der Waals surface area contributed by atoms with E-state index in [1.54, 1.807) is 0 Å². The van der Waals surface area contributed by atoms with E-state index >= 15 is 0 Å². The standard InChI is InChI=1S/C17H33N3O/c1-14(2)13-20(15-7-3-4-8-15)16(12-18)11-17(21)19-9-5-6-10-19/h14-16H,3-13,18H2,1-2H3. The van der Waals surface area contributed by atoms with Crippen LogP contribution in [-0.2, 0) is 4.79 Å². The minimum absolute atomic E-state index is 0.226. The first kappa shape index (κ1) is 16.8. The number of nitrogens with two attached hydrogens (primary N) is 1. The van der Waals surface area contributed by atoms with E-state index in [1.165, 1.54) is 25.7 Å². The second-order valence-electron chi connectivity index (χ2n) is 7.21. The summed E-state index contributed by atoms with van der Waals surface area (Å²) in [5.74, 6) is 0.941. The van der Waals surface area contributed by atoms with Gasteiger partial charge in [0.15, 0.2) is 0 Å². The average molecular weight is 295 g/mol. The van der Waals surface area contributed by atoms with E-state index in [0.29, 0.717) is 30.8 Å². The summed E-state index contributed by atoms with van der Waals surface area (Å²) in [4.78, 5) is 17.1. The van der Waals surface area contributed by atoms with Gasteiger partial charge in [0, 0.05) is 44.7 Å². The summed E-state index contributed by atoms with van der Waals surface area (Å²) < 4.78 is 0. The summed E-state index contributed by atoms with van der Waals surface area (Å²) >= 11 is 0. The highest BCUT2D eigenvalue weighted by Gasteiger charge is 2.31. The quantitative estimate of drug-likeness (QED) is 0.783. The van der Waals surface area contributed by atoms with Crippen LogP contribution < -0.4 is 5.73 Å². The summed E-state index contributed by atoms with van der Waals surface area (Å²) in [6, 6.07) is 0.871. The van der Waals surface area contributed by atoms with Gasteiger partial charge in [0.25, 0.3) is 0 Å². The minimum atomic E-state index is 0.226. The Kier molecular flexibility index (Phi) is 6.49. The molecule has 1 heterocycles. The lowest BCUT2D eigenvalue weighted by Gasteiger charge is -2.37. The Morgan fingerprint density at radius 2 is 1.81 bits per heavy atom. The Morgan fingerprint density at radius 1 is 1.19 bits per heavy atom. The molecular weight excluding hydrogens is 262 g/mol. The van der Waals surface area contributed by atoms with E-state index in [4.69, 9.17) is 5.73 Å². The molecule has 1 aliphatic carbocycles. The van der Waals surface area contributed by atoms with Gasteiger partial charge >= 0.3 is 0 Å². The molecule has 1 unspecified atom stereocenters. The van der Waals surface area contributed by atoms with Crippen LogP contribution in [0.2, 0.25) is 0 Å². The maximum atomic E-state index is 12.5. The van der Waals surface area contributed by atoms with Crippen LogP contribution in [-0.4, -0.2) is 54.0 Å². The Hall–Kier alpha value is -0.610. The van der Waals surface area contributed by atoms with Crippen molar-refractivity contribution in [1.29, 1.82) is 0 Å². The number of carbonyl (C=O) groups is 1. The zero-order chi connectivity index (χ0) is 15.2. The molecule has 0 aromatic rings. The molecule has 1 amide bonds. The zero-order valence-corrected chi connectivity index (χ0v) is 13.9. The smallest absolute Gasteiger partial charge is 0.224 e. The first-order chi connectivity index (χ1) is 10.1. The largest absolute Gasteiger partial charge is 0.343 e.